The van der Waals surface area contributed by atoms with E-state index in [1.165, 1.54) is 0 Å². The number of aromatic hydroxyl groups is 1. The second-order valence-corrected chi connectivity index (χ2v) is 4.98. The lowest BCUT2D eigenvalue weighted by Gasteiger charge is -2.24. The van der Waals surface area contributed by atoms with Gasteiger partial charge < -0.3 is 10.4 Å². The molecule has 1 amide bonds. The van der Waals surface area contributed by atoms with Crippen molar-refractivity contribution in [3.63, 3.8) is 0 Å². The van der Waals surface area contributed by atoms with Crippen molar-refractivity contribution in [1.82, 2.24) is 10.2 Å². The van der Waals surface area contributed by atoms with Gasteiger partial charge in [0, 0.05) is 12.6 Å². The van der Waals surface area contributed by atoms with Gasteiger partial charge in [-0.3, -0.25) is 9.69 Å². The molecule has 1 aromatic rings. The molecule has 0 spiro atoms. The number of carbonyl (C=O) groups is 1. The summed E-state index contributed by atoms with van der Waals surface area (Å²) in [5, 5.41) is 12.1. The largest absolute Gasteiger partial charge is 0.508 e. The van der Waals surface area contributed by atoms with E-state index in [-0.39, 0.29) is 17.7 Å². The molecule has 0 aliphatic heterocycles. The zero-order valence-corrected chi connectivity index (χ0v) is 12.0. The van der Waals surface area contributed by atoms with Crippen LogP contribution in [0.3, 0.4) is 0 Å². The number of phenolic OH excluding ortho intramolecular Hbond substituents is 1. The predicted molar refractivity (Wildman–Crippen MR) is 77.2 cm³/mol. The molecule has 2 N–H and O–H groups in total. The maximum absolute atomic E-state index is 11.6. The highest BCUT2D eigenvalue weighted by Crippen LogP contribution is 2.12. The lowest BCUT2D eigenvalue weighted by atomic mass is 10.1. The molecule has 106 valence electrons. The minimum atomic E-state index is 0.0712. The van der Waals surface area contributed by atoms with Crippen molar-refractivity contribution in [2.75, 3.05) is 20.1 Å². The fourth-order valence-electron chi connectivity index (χ4n) is 1.83. The number of amides is 1. The maximum atomic E-state index is 11.6. The molecule has 1 aromatic carbocycles. The van der Waals surface area contributed by atoms with Gasteiger partial charge in [0.2, 0.25) is 5.91 Å². The third-order valence-corrected chi connectivity index (χ3v) is 3.19. The van der Waals surface area contributed by atoms with Crippen molar-refractivity contribution in [3.8, 4) is 5.75 Å². The number of carbonyl (C=O) groups excluding carboxylic acids is 1. The molecule has 0 radical (unpaired) electrons. The second-order valence-electron chi connectivity index (χ2n) is 4.98. The fourth-order valence-corrected chi connectivity index (χ4v) is 1.83. The lowest BCUT2D eigenvalue weighted by molar-refractivity contribution is -0.122. The van der Waals surface area contributed by atoms with Crippen LogP contribution in [0.4, 0.5) is 0 Å². The van der Waals surface area contributed by atoms with Crippen molar-refractivity contribution in [2.24, 2.45) is 0 Å². The Balaban J connectivity index is 2.41. The van der Waals surface area contributed by atoms with Crippen molar-refractivity contribution < 1.29 is 9.90 Å². The summed E-state index contributed by atoms with van der Waals surface area (Å²) >= 11 is 0. The van der Waals surface area contributed by atoms with Gasteiger partial charge >= 0.3 is 0 Å². The number of nitrogens with zero attached hydrogens (tertiary/aromatic N) is 1. The Morgan fingerprint density at radius 1 is 1.37 bits per heavy atom. The van der Waals surface area contributed by atoms with Crippen molar-refractivity contribution in [3.05, 3.63) is 29.8 Å². The Kier molecular flexibility index (Phi) is 6.36. The van der Waals surface area contributed by atoms with Crippen LogP contribution in [-0.2, 0) is 11.2 Å². The summed E-state index contributed by atoms with van der Waals surface area (Å²) in [6.45, 7) is 5.29. The Morgan fingerprint density at radius 3 is 2.58 bits per heavy atom. The number of hydrogen-bond acceptors (Lipinski definition) is 3. The third kappa shape index (κ3) is 5.75. The van der Waals surface area contributed by atoms with E-state index in [2.05, 4.69) is 12.2 Å². The monoisotopic (exact) mass is 264 g/mol. The van der Waals surface area contributed by atoms with Crippen LogP contribution in [-0.4, -0.2) is 42.1 Å². The van der Waals surface area contributed by atoms with E-state index in [1.54, 1.807) is 12.1 Å². The highest BCUT2D eigenvalue weighted by molar-refractivity contribution is 5.77. The van der Waals surface area contributed by atoms with Gasteiger partial charge in [-0.15, -0.1) is 0 Å². The molecule has 0 saturated heterocycles. The minimum absolute atomic E-state index is 0.0712. The van der Waals surface area contributed by atoms with E-state index in [1.807, 2.05) is 31.0 Å². The SMILES string of the molecule is CCCNC(=O)CN(C)C(C)Cc1ccc(O)cc1. The van der Waals surface area contributed by atoms with Crippen molar-refractivity contribution >= 4 is 5.91 Å². The van der Waals surface area contributed by atoms with E-state index < -0.39 is 0 Å². The zero-order valence-electron chi connectivity index (χ0n) is 12.0. The first-order valence-corrected chi connectivity index (χ1v) is 6.77. The van der Waals surface area contributed by atoms with Gasteiger partial charge in [0.15, 0.2) is 0 Å². The molecule has 0 aliphatic carbocycles. The van der Waals surface area contributed by atoms with E-state index in [9.17, 15) is 9.90 Å². The van der Waals surface area contributed by atoms with E-state index in [0.717, 1.165) is 24.9 Å². The Hall–Kier alpha value is -1.55. The number of benzene rings is 1. The molecule has 1 unspecified atom stereocenters. The van der Waals surface area contributed by atoms with Gasteiger partial charge in [-0.25, -0.2) is 0 Å². The molecular formula is C15H24N2O2. The van der Waals surface area contributed by atoms with Crippen LogP contribution >= 0.6 is 0 Å². The lowest BCUT2D eigenvalue weighted by Crippen LogP contribution is -2.40. The molecule has 0 aliphatic rings. The van der Waals surface area contributed by atoms with Gasteiger partial charge in [0.25, 0.3) is 0 Å². The van der Waals surface area contributed by atoms with Crippen LogP contribution in [0.15, 0.2) is 24.3 Å². The normalized spacial score (nSPS) is 12.4. The van der Waals surface area contributed by atoms with Crippen LogP contribution in [0.1, 0.15) is 25.8 Å². The summed E-state index contributed by atoms with van der Waals surface area (Å²) < 4.78 is 0. The van der Waals surface area contributed by atoms with Crippen molar-refractivity contribution in [2.45, 2.75) is 32.7 Å². The number of rotatable bonds is 7. The highest BCUT2D eigenvalue weighted by Gasteiger charge is 2.13. The topological polar surface area (TPSA) is 52.6 Å². The van der Waals surface area contributed by atoms with E-state index in [0.29, 0.717) is 6.54 Å². The number of hydrogen-bond donors (Lipinski definition) is 2. The minimum Gasteiger partial charge on any atom is -0.508 e. The van der Waals surface area contributed by atoms with Crippen LogP contribution in [0.2, 0.25) is 0 Å². The van der Waals surface area contributed by atoms with E-state index in [4.69, 9.17) is 0 Å². The van der Waals surface area contributed by atoms with Gasteiger partial charge in [0.05, 0.1) is 6.54 Å². The highest BCUT2D eigenvalue weighted by atomic mass is 16.3. The Morgan fingerprint density at radius 2 is 2.00 bits per heavy atom. The molecule has 1 rings (SSSR count). The first-order chi connectivity index (χ1) is 9.02. The summed E-state index contributed by atoms with van der Waals surface area (Å²) in [5.74, 6) is 0.352. The molecule has 0 heterocycles. The molecule has 4 heteroatoms. The molecule has 19 heavy (non-hydrogen) atoms. The molecule has 1 atom stereocenters. The summed E-state index contributed by atoms with van der Waals surface area (Å²) in [4.78, 5) is 13.7. The summed E-state index contributed by atoms with van der Waals surface area (Å²) in [6.07, 6.45) is 1.82. The standard InChI is InChI=1S/C15H24N2O2/c1-4-9-16-15(19)11-17(3)12(2)10-13-5-7-14(18)8-6-13/h5-8,12,18H,4,9-11H2,1-3H3,(H,16,19). The molecule has 0 saturated carbocycles. The van der Waals surface area contributed by atoms with Crippen LogP contribution in [0, 0.1) is 0 Å². The van der Waals surface area contributed by atoms with Gasteiger partial charge in [-0.2, -0.15) is 0 Å². The van der Waals surface area contributed by atoms with Crippen LogP contribution in [0.5, 0.6) is 5.75 Å². The molecule has 4 nitrogen and oxygen atoms in total. The molecule has 0 aromatic heterocycles. The zero-order chi connectivity index (χ0) is 14.3. The average molecular weight is 264 g/mol. The summed E-state index contributed by atoms with van der Waals surface area (Å²) in [6, 6.07) is 7.48. The fraction of sp³-hybridized carbons (Fsp3) is 0.533. The Labute approximate surface area is 115 Å². The predicted octanol–water partition coefficient (Wildman–Crippen LogP) is 1.78. The third-order valence-electron chi connectivity index (χ3n) is 3.19. The Bertz CT molecular complexity index is 390. The number of nitrogens with one attached hydrogen (secondary N) is 1. The molecule has 0 fully saturated rings. The molecule has 0 bridgehead atoms. The first kappa shape index (κ1) is 15.5. The van der Waals surface area contributed by atoms with E-state index >= 15 is 0 Å². The van der Waals surface area contributed by atoms with Crippen molar-refractivity contribution in [1.29, 1.82) is 0 Å². The maximum Gasteiger partial charge on any atom is 0.234 e. The second kappa shape index (κ2) is 7.79. The van der Waals surface area contributed by atoms with Gasteiger partial charge in [0.1, 0.15) is 5.75 Å². The summed E-state index contributed by atoms with van der Waals surface area (Å²) in [5.41, 5.74) is 1.16. The van der Waals surface area contributed by atoms with Gasteiger partial charge in [-0.1, -0.05) is 19.1 Å². The number of phenols is 1. The van der Waals surface area contributed by atoms with Crippen LogP contribution < -0.4 is 5.32 Å². The average Bonchev–Trinajstić information content (AvgIpc) is 2.39. The van der Waals surface area contributed by atoms with Gasteiger partial charge in [-0.05, 0) is 44.5 Å². The quantitative estimate of drug-likeness (QED) is 0.789. The van der Waals surface area contributed by atoms with Crippen LogP contribution in [0.25, 0.3) is 0 Å². The first-order valence-electron chi connectivity index (χ1n) is 6.77. The summed E-state index contributed by atoms with van der Waals surface area (Å²) in [7, 11) is 1.95. The molecular weight excluding hydrogens is 240 g/mol. The smallest absolute Gasteiger partial charge is 0.234 e. The number of likely N-dealkylation sites (N-methyl/N-ethyl adjacent to an activating group) is 1.